The molecule has 0 atom stereocenters. The Morgan fingerprint density at radius 1 is 0.968 bits per heavy atom. The lowest BCUT2D eigenvalue weighted by atomic mass is 9.99. The summed E-state index contributed by atoms with van der Waals surface area (Å²) in [6, 6.07) is 12.5. The average Bonchev–Trinajstić information content (AvgIpc) is 3.22. The van der Waals surface area contributed by atoms with Gasteiger partial charge in [0.25, 0.3) is 0 Å². The smallest absolute Gasteiger partial charge is 0.414 e. The molecule has 0 aromatic heterocycles. The molecule has 160 valence electrons. The molecule has 2 aromatic carbocycles. The molecule has 0 aliphatic carbocycles. The van der Waals surface area contributed by atoms with Crippen LogP contribution in [0.3, 0.4) is 0 Å². The average molecular weight is 419 g/mol. The molecule has 0 spiro atoms. The van der Waals surface area contributed by atoms with Crippen LogP contribution in [0.15, 0.2) is 48.3 Å². The SMILES string of the molecule is Cc1ccc2c(c1)COC(=O)N2C1CCN(C2=CCN2c2ccc3c(c2)OCO3)CC1. The molecule has 1 fully saturated rings. The van der Waals surface area contributed by atoms with Crippen molar-refractivity contribution >= 4 is 17.5 Å². The Labute approximate surface area is 181 Å². The lowest BCUT2D eigenvalue weighted by molar-refractivity contribution is 0.134. The third-order valence-corrected chi connectivity index (χ3v) is 6.60. The number of amides is 1. The van der Waals surface area contributed by atoms with E-state index in [9.17, 15) is 4.79 Å². The molecule has 7 heteroatoms. The minimum atomic E-state index is -0.223. The van der Waals surface area contributed by atoms with Crippen LogP contribution in [0.25, 0.3) is 0 Å². The fourth-order valence-corrected chi connectivity index (χ4v) is 4.93. The maximum atomic E-state index is 12.6. The maximum Gasteiger partial charge on any atom is 0.414 e. The Bertz CT molecular complexity index is 1070. The molecule has 7 nitrogen and oxygen atoms in total. The molecule has 1 saturated heterocycles. The van der Waals surface area contributed by atoms with Gasteiger partial charge in [0.2, 0.25) is 6.79 Å². The van der Waals surface area contributed by atoms with Gasteiger partial charge in [0, 0.05) is 43.0 Å². The molecule has 4 aliphatic rings. The van der Waals surface area contributed by atoms with Gasteiger partial charge < -0.3 is 24.0 Å². The van der Waals surface area contributed by atoms with E-state index in [-0.39, 0.29) is 18.9 Å². The Morgan fingerprint density at radius 2 is 1.81 bits per heavy atom. The number of aryl methyl sites for hydroxylation is 1. The molecule has 4 heterocycles. The molecule has 31 heavy (non-hydrogen) atoms. The van der Waals surface area contributed by atoms with Gasteiger partial charge in [0.05, 0.1) is 5.69 Å². The van der Waals surface area contributed by atoms with Crippen LogP contribution in [-0.4, -0.2) is 43.5 Å². The maximum absolute atomic E-state index is 12.6. The number of rotatable bonds is 3. The topological polar surface area (TPSA) is 54.5 Å². The van der Waals surface area contributed by atoms with E-state index in [2.05, 4.69) is 47.1 Å². The van der Waals surface area contributed by atoms with Crippen molar-refractivity contribution in [2.45, 2.75) is 32.4 Å². The van der Waals surface area contributed by atoms with E-state index in [0.717, 1.165) is 60.9 Å². The van der Waals surface area contributed by atoms with E-state index in [1.54, 1.807) is 0 Å². The zero-order valence-corrected chi connectivity index (χ0v) is 17.5. The van der Waals surface area contributed by atoms with Crippen LogP contribution in [0.1, 0.15) is 24.0 Å². The minimum absolute atomic E-state index is 0.158. The van der Waals surface area contributed by atoms with E-state index >= 15 is 0 Å². The Balaban J connectivity index is 1.15. The number of hydrogen-bond acceptors (Lipinski definition) is 6. The molecule has 0 unspecified atom stereocenters. The van der Waals surface area contributed by atoms with Gasteiger partial charge in [-0.3, -0.25) is 4.90 Å². The van der Waals surface area contributed by atoms with E-state index < -0.39 is 0 Å². The number of anilines is 2. The highest BCUT2D eigenvalue weighted by Crippen LogP contribution is 2.39. The van der Waals surface area contributed by atoms with Gasteiger partial charge in [-0.05, 0) is 44.0 Å². The van der Waals surface area contributed by atoms with Crippen molar-refractivity contribution in [3.05, 3.63) is 59.4 Å². The summed E-state index contributed by atoms with van der Waals surface area (Å²) in [4.78, 5) is 19.2. The van der Waals surface area contributed by atoms with Crippen molar-refractivity contribution in [1.29, 1.82) is 0 Å². The summed E-state index contributed by atoms with van der Waals surface area (Å²) < 4.78 is 16.4. The summed E-state index contributed by atoms with van der Waals surface area (Å²) in [5, 5.41) is 0. The number of hydrogen-bond donors (Lipinski definition) is 0. The summed E-state index contributed by atoms with van der Waals surface area (Å²) in [5.74, 6) is 2.84. The first-order valence-electron chi connectivity index (χ1n) is 10.9. The van der Waals surface area contributed by atoms with Crippen molar-refractivity contribution in [3.63, 3.8) is 0 Å². The van der Waals surface area contributed by atoms with Crippen molar-refractivity contribution in [2.24, 2.45) is 0 Å². The fraction of sp³-hybridized carbons (Fsp3) is 0.375. The van der Waals surface area contributed by atoms with E-state index in [1.807, 2.05) is 17.0 Å². The van der Waals surface area contributed by atoms with Crippen LogP contribution in [0.4, 0.5) is 16.2 Å². The number of cyclic esters (lactones) is 1. The summed E-state index contributed by atoms with van der Waals surface area (Å²) in [5.41, 5.74) is 4.41. The predicted molar refractivity (Wildman–Crippen MR) is 116 cm³/mol. The van der Waals surface area contributed by atoms with Gasteiger partial charge in [-0.25, -0.2) is 4.79 Å². The first-order valence-corrected chi connectivity index (χ1v) is 10.9. The highest BCUT2D eigenvalue weighted by molar-refractivity contribution is 5.91. The lowest BCUT2D eigenvalue weighted by Crippen LogP contribution is -2.52. The van der Waals surface area contributed by atoms with Crippen LogP contribution in [0, 0.1) is 6.92 Å². The molecular formula is C24H25N3O4. The van der Waals surface area contributed by atoms with Crippen LogP contribution in [0.5, 0.6) is 11.5 Å². The molecule has 0 saturated carbocycles. The standard InChI is InChI=1S/C24H25N3O4/c1-16-2-4-20-17(12-16)14-29-24(28)27(20)18-6-9-25(10-7-18)23-8-11-26(23)19-3-5-21-22(13-19)31-15-30-21/h2-5,8,12-13,18H,6-7,9-11,14-15H2,1H3. The first kappa shape index (κ1) is 18.4. The van der Waals surface area contributed by atoms with Crippen molar-refractivity contribution in [3.8, 4) is 11.5 Å². The fourth-order valence-electron chi connectivity index (χ4n) is 4.93. The monoisotopic (exact) mass is 419 g/mol. The highest BCUT2D eigenvalue weighted by atomic mass is 16.7. The number of nitrogens with zero attached hydrogens (tertiary/aromatic N) is 3. The quantitative estimate of drug-likeness (QED) is 0.750. The van der Waals surface area contributed by atoms with Crippen LogP contribution in [-0.2, 0) is 11.3 Å². The third kappa shape index (κ3) is 3.07. The zero-order valence-electron chi connectivity index (χ0n) is 17.5. The van der Waals surface area contributed by atoms with Crippen molar-refractivity contribution in [2.75, 3.05) is 36.2 Å². The van der Waals surface area contributed by atoms with E-state index in [4.69, 9.17) is 14.2 Å². The molecule has 1 amide bonds. The van der Waals surface area contributed by atoms with Gasteiger partial charge in [0.1, 0.15) is 12.4 Å². The lowest BCUT2D eigenvalue weighted by Gasteiger charge is -2.46. The Kier molecular flexibility index (Phi) is 4.23. The number of piperidine rings is 1. The van der Waals surface area contributed by atoms with E-state index in [1.165, 1.54) is 11.4 Å². The van der Waals surface area contributed by atoms with Gasteiger partial charge in [-0.1, -0.05) is 17.7 Å². The second-order valence-electron chi connectivity index (χ2n) is 8.49. The second kappa shape index (κ2) is 7.11. The van der Waals surface area contributed by atoms with Gasteiger partial charge >= 0.3 is 6.09 Å². The van der Waals surface area contributed by atoms with Crippen LogP contribution < -0.4 is 19.3 Å². The summed E-state index contributed by atoms with van der Waals surface area (Å²) in [6.07, 6.45) is 3.86. The Hall–Kier alpha value is -3.35. The number of carbonyl (C=O) groups excluding carboxylic acids is 1. The summed E-state index contributed by atoms with van der Waals surface area (Å²) >= 11 is 0. The highest BCUT2D eigenvalue weighted by Gasteiger charge is 2.36. The number of ether oxygens (including phenoxy) is 3. The largest absolute Gasteiger partial charge is 0.454 e. The molecule has 2 aromatic rings. The number of carbonyl (C=O) groups is 1. The minimum Gasteiger partial charge on any atom is -0.454 e. The molecule has 0 radical (unpaired) electrons. The summed E-state index contributed by atoms with van der Waals surface area (Å²) in [7, 11) is 0. The number of benzene rings is 2. The van der Waals surface area contributed by atoms with Crippen LogP contribution >= 0.6 is 0 Å². The van der Waals surface area contributed by atoms with Crippen molar-refractivity contribution in [1.82, 2.24) is 4.90 Å². The van der Waals surface area contributed by atoms with Crippen LogP contribution in [0.2, 0.25) is 0 Å². The third-order valence-electron chi connectivity index (χ3n) is 6.60. The molecule has 6 rings (SSSR count). The summed E-state index contributed by atoms with van der Waals surface area (Å²) in [6.45, 7) is 5.42. The number of likely N-dealkylation sites (tertiary alicyclic amines) is 1. The second-order valence-corrected chi connectivity index (χ2v) is 8.49. The molecule has 0 bridgehead atoms. The number of fused-ring (bicyclic) bond motifs is 2. The first-order chi connectivity index (χ1) is 15.2. The predicted octanol–water partition coefficient (Wildman–Crippen LogP) is 4.01. The molecule has 0 N–H and O–H groups in total. The van der Waals surface area contributed by atoms with E-state index in [0.29, 0.717) is 6.61 Å². The molecular weight excluding hydrogens is 394 g/mol. The normalized spacial score (nSPS) is 20.2. The van der Waals surface area contributed by atoms with Gasteiger partial charge in [0.15, 0.2) is 11.5 Å². The Morgan fingerprint density at radius 3 is 2.61 bits per heavy atom. The zero-order chi connectivity index (χ0) is 20.9. The van der Waals surface area contributed by atoms with Gasteiger partial charge in [-0.15, -0.1) is 0 Å². The molecule has 4 aliphatic heterocycles. The van der Waals surface area contributed by atoms with Gasteiger partial charge in [-0.2, -0.15) is 0 Å². The van der Waals surface area contributed by atoms with Crippen molar-refractivity contribution < 1.29 is 19.0 Å².